The maximum Gasteiger partial charge on any atom is 0.420 e. The smallest absolute Gasteiger partial charge is 0.420 e. The largest absolute Gasteiger partial charge is 0.495 e. The van der Waals surface area contributed by atoms with Crippen LogP contribution in [-0.2, 0) is 16.0 Å². The predicted molar refractivity (Wildman–Crippen MR) is 88.3 cm³/mol. The van der Waals surface area contributed by atoms with Crippen LogP contribution in [0, 0.1) is 0 Å². The molecule has 1 aliphatic rings. The summed E-state index contributed by atoms with van der Waals surface area (Å²) in [5.41, 5.74) is -1.50. The second-order valence-corrected chi connectivity index (χ2v) is 7.82. The number of carbonyl (C=O) groups excluding carboxylic acids is 1. The molecule has 10 heteroatoms. The molecular weight excluding hydrogens is 395 g/mol. The summed E-state index contributed by atoms with van der Waals surface area (Å²) < 4.78 is 68.7. The Hall–Kier alpha value is -2.26. The SMILES string of the molecule is COc1c(Cl)cc(C(=O)N2CS(=O)(=O)c3ccccc32)cc1C(F)(F)F. The van der Waals surface area contributed by atoms with Crippen LogP contribution in [0.2, 0.25) is 5.02 Å². The Labute approximate surface area is 151 Å². The van der Waals surface area contributed by atoms with Crippen LogP contribution in [-0.4, -0.2) is 27.3 Å². The number of ether oxygens (including phenoxy) is 1. The van der Waals surface area contributed by atoms with Gasteiger partial charge in [0.15, 0.2) is 9.84 Å². The number of carbonyl (C=O) groups is 1. The monoisotopic (exact) mass is 405 g/mol. The fourth-order valence-corrected chi connectivity index (χ4v) is 4.53. The van der Waals surface area contributed by atoms with Gasteiger partial charge in [-0.2, -0.15) is 13.2 Å². The molecule has 3 rings (SSSR count). The number of nitrogens with zero attached hydrogens (tertiary/aromatic N) is 1. The van der Waals surface area contributed by atoms with Gasteiger partial charge in [-0.15, -0.1) is 0 Å². The molecule has 26 heavy (non-hydrogen) atoms. The topological polar surface area (TPSA) is 63.7 Å². The van der Waals surface area contributed by atoms with Gasteiger partial charge in [-0.1, -0.05) is 23.7 Å². The van der Waals surface area contributed by atoms with Crippen LogP contribution in [0.3, 0.4) is 0 Å². The molecule has 0 bridgehead atoms. The summed E-state index contributed by atoms with van der Waals surface area (Å²) in [5.74, 6) is -2.17. The van der Waals surface area contributed by atoms with Gasteiger partial charge in [0.1, 0.15) is 11.6 Å². The number of benzene rings is 2. The highest BCUT2D eigenvalue weighted by Crippen LogP contribution is 2.42. The molecule has 0 atom stereocenters. The van der Waals surface area contributed by atoms with Gasteiger partial charge in [0.25, 0.3) is 5.91 Å². The Kier molecular flexibility index (Phi) is 4.40. The number of anilines is 1. The minimum atomic E-state index is -4.81. The number of halogens is 4. The summed E-state index contributed by atoms with van der Waals surface area (Å²) in [6, 6.07) is 7.39. The Morgan fingerprint density at radius 3 is 2.50 bits per heavy atom. The third kappa shape index (κ3) is 3.01. The van der Waals surface area contributed by atoms with Gasteiger partial charge >= 0.3 is 6.18 Å². The van der Waals surface area contributed by atoms with E-state index >= 15 is 0 Å². The second kappa shape index (κ2) is 6.17. The molecule has 1 amide bonds. The molecule has 1 heterocycles. The van der Waals surface area contributed by atoms with E-state index in [1.807, 2.05) is 0 Å². The molecule has 0 aromatic heterocycles. The first-order valence-corrected chi connectivity index (χ1v) is 9.17. The van der Waals surface area contributed by atoms with E-state index in [9.17, 15) is 26.4 Å². The molecule has 0 unspecified atom stereocenters. The van der Waals surface area contributed by atoms with Gasteiger partial charge in [0.2, 0.25) is 0 Å². The fourth-order valence-electron chi connectivity index (χ4n) is 2.71. The second-order valence-electron chi connectivity index (χ2n) is 5.48. The molecule has 0 saturated heterocycles. The quantitative estimate of drug-likeness (QED) is 0.763. The van der Waals surface area contributed by atoms with Crippen molar-refractivity contribution in [3.8, 4) is 5.75 Å². The van der Waals surface area contributed by atoms with Crippen LogP contribution < -0.4 is 9.64 Å². The van der Waals surface area contributed by atoms with Crippen molar-refractivity contribution in [3.63, 3.8) is 0 Å². The lowest BCUT2D eigenvalue weighted by Crippen LogP contribution is -2.30. The van der Waals surface area contributed by atoms with E-state index in [0.717, 1.165) is 18.1 Å². The number of hydrogen-bond acceptors (Lipinski definition) is 4. The van der Waals surface area contributed by atoms with Crippen LogP contribution in [0.1, 0.15) is 15.9 Å². The van der Waals surface area contributed by atoms with Gasteiger partial charge in [0.05, 0.1) is 28.3 Å². The van der Waals surface area contributed by atoms with Crippen LogP contribution >= 0.6 is 11.6 Å². The van der Waals surface area contributed by atoms with Crippen molar-refractivity contribution < 1.29 is 31.1 Å². The average Bonchev–Trinajstić information content (AvgIpc) is 2.84. The summed E-state index contributed by atoms with van der Waals surface area (Å²) in [7, 11) is -2.72. The number of methoxy groups -OCH3 is 1. The third-order valence-electron chi connectivity index (χ3n) is 3.84. The number of amides is 1. The first kappa shape index (κ1) is 18.5. The Morgan fingerprint density at radius 1 is 1.23 bits per heavy atom. The predicted octanol–water partition coefficient (Wildman–Crippen LogP) is 3.76. The molecule has 2 aromatic carbocycles. The van der Waals surface area contributed by atoms with Crippen LogP contribution in [0.4, 0.5) is 18.9 Å². The van der Waals surface area contributed by atoms with Crippen LogP contribution in [0.5, 0.6) is 5.75 Å². The summed E-state index contributed by atoms with van der Waals surface area (Å²) in [6.45, 7) is 0. The van der Waals surface area contributed by atoms with Gasteiger partial charge in [-0.25, -0.2) is 8.42 Å². The Balaban J connectivity index is 2.12. The van der Waals surface area contributed by atoms with Crippen molar-refractivity contribution >= 4 is 33.0 Å². The van der Waals surface area contributed by atoms with E-state index in [0.29, 0.717) is 6.07 Å². The number of rotatable bonds is 2. The molecular formula is C16H11ClF3NO4S. The number of alkyl halides is 3. The lowest BCUT2D eigenvalue weighted by atomic mass is 10.1. The van der Waals surface area contributed by atoms with E-state index in [4.69, 9.17) is 11.6 Å². The summed E-state index contributed by atoms with van der Waals surface area (Å²) in [4.78, 5) is 13.6. The Bertz CT molecular complexity index is 1010. The summed E-state index contributed by atoms with van der Waals surface area (Å²) in [6.07, 6.45) is -4.81. The van der Waals surface area contributed by atoms with Gasteiger partial charge in [-0.3, -0.25) is 9.69 Å². The normalized spacial score (nSPS) is 15.7. The van der Waals surface area contributed by atoms with E-state index in [1.54, 1.807) is 0 Å². The minimum absolute atomic E-state index is 0.0518. The van der Waals surface area contributed by atoms with Crippen molar-refractivity contribution in [1.29, 1.82) is 0 Å². The first-order valence-electron chi connectivity index (χ1n) is 7.14. The average molecular weight is 406 g/mol. The number of para-hydroxylation sites is 1. The first-order chi connectivity index (χ1) is 12.1. The summed E-state index contributed by atoms with van der Waals surface area (Å²) >= 11 is 5.83. The van der Waals surface area contributed by atoms with Crippen molar-refractivity contribution in [2.24, 2.45) is 0 Å². The highest BCUT2D eigenvalue weighted by atomic mass is 35.5. The van der Waals surface area contributed by atoms with Gasteiger partial charge in [-0.05, 0) is 24.3 Å². The zero-order valence-corrected chi connectivity index (χ0v) is 14.7. The molecule has 138 valence electrons. The van der Waals surface area contributed by atoms with E-state index in [1.165, 1.54) is 24.3 Å². The molecule has 5 nitrogen and oxygen atoms in total. The van der Waals surface area contributed by atoms with Crippen molar-refractivity contribution in [1.82, 2.24) is 0 Å². The van der Waals surface area contributed by atoms with E-state index in [2.05, 4.69) is 4.74 Å². The number of hydrogen-bond donors (Lipinski definition) is 0. The molecule has 0 aliphatic carbocycles. The zero-order valence-electron chi connectivity index (χ0n) is 13.2. The van der Waals surface area contributed by atoms with Crippen molar-refractivity contribution in [2.45, 2.75) is 11.1 Å². The fraction of sp³-hybridized carbons (Fsp3) is 0.188. The van der Waals surface area contributed by atoms with Crippen LogP contribution in [0.25, 0.3) is 0 Å². The molecule has 1 aliphatic heterocycles. The number of sulfone groups is 1. The zero-order chi connectivity index (χ0) is 19.3. The van der Waals surface area contributed by atoms with Gasteiger partial charge in [0, 0.05) is 5.56 Å². The molecule has 0 radical (unpaired) electrons. The van der Waals surface area contributed by atoms with Crippen molar-refractivity contribution in [2.75, 3.05) is 17.9 Å². The minimum Gasteiger partial charge on any atom is -0.495 e. The van der Waals surface area contributed by atoms with Crippen molar-refractivity contribution in [3.05, 3.63) is 52.5 Å². The lowest BCUT2D eigenvalue weighted by molar-refractivity contribution is -0.138. The third-order valence-corrected chi connectivity index (χ3v) is 5.73. The summed E-state index contributed by atoms with van der Waals surface area (Å²) in [5, 5.41) is -0.402. The molecule has 2 aromatic rings. The maximum atomic E-state index is 13.2. The molecule has 0 fully saturated rings. The lowest BCUT2D eigenvalue weighted by Gasteiger charge is -2.19. The molecule has 0 N–H and O–H groups in total. The highest BCUT2D eigenvalue weighted by Gasteiger charge is 2.39. The molecule has 0 saturated carbocycles. The Morgan fingerprint density at radius 2 is 1.88 bits per heavy atom. The number of fused-ring (bicyclic) bond motifs is 1. The standard InChI is InChI=1S/C16H11ClF3NO4S/c1-25-14-10(16(18,19)20)6-9(7-11(14)17)15(22)21-8-26(23,24)13-5-3-2-4-12(13)21/h2-7H,8H2,1H3. The van der Waals surface area contributed by atoms with Crippen LogP contribution in [0.15, 0.2) is 41.3 Å². The van der Waals surface area contributed by atoms with E-state index < -0.39 is 49.7 Å². The van der Waals surface area contributed by atoms with E-state index in [-0.39, 0.29) is 10.6 Å². The maximum absolute atomic E-state index is 13.2. The van der Waals surface area contributed by atoms with Gasteiger partial charge < -0.3 is 4.74 Å². The molecule has 0 spiro atoms. The highest BCUT2D eigenvalue weighted by molar-refractivity contribution is 7.92.